The van der Waals surface area contributed by atoms with Crippen LogP contribution in [-0.2, 0) is 9.53 Å². The fourth-order valence-electron chi connectivity index (χ4n) is 1.46. The first-order valence-electron chi connectivity index (χ1n) is 5.22. The van der Waals surface area contributed by atoms with Crippen LogP contribution in [0.4, 0.5) is 0 Å². The molecule has 0 radical (unpaired) electrons. The fourth-order valence-corrected chi connectivity index (χ4v) is 1.46. The van der Waals surface area contributed by atoms with E-state index >= 15 is 0 Å². The van der Waals surface area contributed by atoms with Crippen molar-refractivity contribution < 1.29 is 9.53 Å². The summed E-state index contributed by atoms with van der Waals surface area (Å²) in [5.41, 5.74) is 5.73. The minimum atomic E-state index is -0.151. The minimum Gasteiger partial charge on any atom is -0.379 e. The molecule has 0 bridgehead atoms. The molecule has 1 saturated heterocycles. The molecule has 14 heavy (non-hydrogen) atoms. The van der Waals surface area contributed by atoms with Gasteiger partial charge in [-0.25, -0.2) is 0 Å². The van der Waals surface area contributed by atoms with Gasteiger partial charge in [-0.2, -0.15) is 0 Å². The topological polar surface area (TPSA) is 64.3 Å². The molecule has 2 atom stereocenters. The molecule has 0 aliphatic carbocycles. The molecule has 1 fully saturated rings. The van der Waals surface area contributed by atoms with Gasteiger partial charge in [-0.1, -0.05) is 13.8 Å². The summed E-state index contributed by atoms with van der Waals surface area (Å²) in [7, 11) is 0. The number of hydrogen-bond donors (Lipinski definition) is 2. The highest BCUT2D eigenvalue weighted by Gasteiger charge is 2.30. The molecule has 82 valence electrons. The number of amides is 1. The largest absolute Gasteiger partial charge is 0.379 e. The van der Waals surface area contributed by atoms with Crippen LogP contribution in [0.3, 0.4) is 0 Å². The summed E-state index contributed by atoms with van der Waals surface area (Å²) >= 11 is 0. The number of ether oxygens (including phenoxy) is 1. The molecule has 0 aromatic rings. The van der Waals surface area contributed by atoms with Gasteiger partial charge in [-0.15, -0.1) is 0 Å². The summed E-state index contributed by atoms with van der Waals surface area (Å²) in [4.78, 5) is 11.6. The number of nitrogens with one attached hydrogen (secondary N) is 1. The second kappa shape index (κ2) is 5.32. The van der Waals surface area contributed by atoms with Crippen LogP contribution in [0.25, 0.3) is 0 Å². The Kier molecular flexibility index (Phi) is 4.35. The fraction of sp³-hybridized carbons (Fsp3) is 0.900. The second-order valence-corrected chi connectivity index (χ2v) is 4.28. The van der Waals surface area contributed by atoms with Crippen molar-refractivity contribution in [2.75, 3.05) is 19.8 Å². The Morgan fingerprint density at radius 1 is 1.57 bits per heavy atom. The van der Waals surface area contributed by atoms with E-state index in [-0.39, 0.29) is 17.9 Å². The third-order valence-electron chi connectivity index (χ3n) is 2.48. The van der Waals surface area contributed by atoms with E-state index in [9.17, 15) is 4.79 Å². The summed E-state index contributed by atoms with van der Waals surface area (Å²) in [6.07, 6.45) is 1.01. The summed E-state index contributed by atoms with van der Waals surface area (Å²) in [5, 5.41) is 2.89. The van der Waals surface area contributed by atoms with Crippen molar-refractivity contribution in [1.29, 1.82) is 0 Å². The molecule has 1 aliphatic heterocycles. The van der Waals surface area contributed by atoms with Gasteiger partial charge in [0.15, 0.2) is 0 Å². The SMILES string of the molecule is CC(C)CCNC(=O)C1COCC1N. The molecule has 0 aromatic heterocycles. The van der Waals surface area contributed by atoms with Crippen molar-refractivity contribution in [3.63, 3.8) is 0 Å². The smallest absolute Gasteiger partial charge is 0.227 e. The number of hydrogen-bond acceptors (Lipinski definition) is 3. The first-order chi connectivity index (χ1) is 6.61. The maximum absolute atomic E-state index is 11.6. The van der Waals surface area contributed by atoms with Crippen LogP contribution in [0.5, 0.6) is 0 Å². The zero-order chi connectivity index (χ0) is 10.6. The maximum Gasteiger partial charge on any atom is 0.227 e. The van der Waals surface area contributed by atoms with Gasteiger partial charge in [0.25, 0.3) is 0 Å². The van der Waals surface area contributed by atoms with E-state index in [4.69, 9.17) is 10.5 Å². The van der Waals surface area contributed by atoms with Crippen molar-refractivity contribution in [3.05, 3.63) is 0 Å². The monoisotopic (exact) mass is 200 g/mol. The Labute approximate surface area is 85.2 Å². The Balaban J connectivity index is 2.21. The molecule has 1 rings (SSSR count). The highest BCUT2D eigenvalue weighted by Crippen LogP contribution is 2.11. The molecule has 0 aromatic carbocycles. The van der Waals surface area contributed by atoms with E-state index < -0.39 is 0 Å². The molecule has 4 nitrogen and oxygen atoms in total. The molecular formula is C10H20N2O2. The Morgan fingerprint density at radius 3 is 2.79 bits per heavy atom. The lowest BCUT2D eigenvalue weighted by molar-refractivity contribution is -0.125. The van der Waals surface area contributed by atoms with Gasteiger partial charge in [0.2, 0.25) is 5.91 Å². The molecule has 1 aliphatic rings. The highest BCUT2D eigenvalue weighted by atomic mass is 16.5. The number of rotatable bonds is 4. The van der Waals surface area contributed by atoms with Crippen molar-refractivity contribution >= 4 is 5.91 Å². The van der Waals surface area contributed by atoms with Gasteiger partial charge in [-0.3, -0.25) is 4.79 Å². The Hall–Kier alpha value is -0.610. The van der Waals surface area contributed by atoms with Crippen LogP contribution in [0.2, 0.25) is 0 Å². The highest BCUT2D eigenvalue weighted by molar-refractivity contribution is 5.79. The molecule has 2 unspecified atom stereocenters. The van der Waals surface area contributed by atoms with Crippen molar-refractivity contribution in [2.45, 2.75) is 26.3 Å². The quantitative estimate of drug-likeness (QED) is 0.677. The number of carbonyl (C=O) groups excluding carboxylic acids is 1. The van der Waals surface area contributed by atoms with E-state index in [2.05, 4.69) is 19.2 Å². The van der Waals surface area contributed by atoms with Gasteiger partial charge >= 0.3 is 0 Å². The predicted molar refractivity (Wildman–Crippen MR) is 54.7 cm³/mol. The molecule has 1 amide bonds. The Morgan fingerprint density at radius 2 is 2.29 bits per heavy atom. The average Bonchev–Trinajstić information content (AvgIpc) is 2.50. The summed E-state index contributed by atoms with van der Waals surface area (Å²) in [6.45, 7) is 5.98. The van der Waals surface area contributed by atoms with Crippen molar-refractivity contribution in [2.24, 2.45) is 17.6 Å². The lowest BCUT2D eigenvalue weighted by atomic mass is 10.0. The summed E-state index contributed by atoms with van der Waals surface area (Å²) < 4.78 is 5.13. The van der Waals surface area contributed by atoms with Crippen molar-refractivity contribution in [3.8, 4) is 0 Å². The first kappa shape index (κ1) is 11.5. The van der Waals surface area contributed by atoms with Gasteiger partial charge in [0.05, 0.1) is 19.1 Å². The molecule has 3 N–H and O–H groups in total. The zero-order valence-corrected chi connectivity index (χ0v) is 8.95. The normalized spacial score (nSPS) is 26.9. The third-order valence-corrected chi connectivity index (χ3v) is 2.48. The molecule has 4 heteroatoms. The van der Waals surface area contributed by atoms with Gasteiger partial charge in [0.1, 0.15) is 0 Å². The van der Waals surface area contributed by atoms with Crippen LogP contribution >= 0.6 is 0 Å². The molecule has 0 spiro atoms. The first-order valence-corrected chi connectivity index (χ1v) is 5.22. The molecular weight excluding hydrogens is 180 g/mol. The van der Waals surface area contributed by atoms with E-state index in [1.807, 2.05) is 0 Å². The van der Waals surface area contributed by atoms with E-state index in [0.717, 1.165) is 13.0 Å². The second-order valence-electron chi connectivity index (χ2n) is 4.28. The van der Waals surface area contributed by atoms with Crippen LogP contribution in [-0.4, -0.2) is 31.7 Å². The Bertz CT molecular complexity index is 195. The van der Waals surface area contributed by atoms with Gasteiger partial charge in [0, 0.05) is 12.6 Å². The minimum absolute atomic E-state index is 0.0376. The van der Waals surface area contributed by atoms with Crippen LogP contribution in [0.15, 0.2) is 0 Å². The molecule has 1 heterocycles. The van der Waals surface area contributed by atoms with Crippen molar-refractivity contribution in [1.82, 2.24) is 5.32 Å². The van der Waals surface area contributed by atoms with Gasteiger partial charge in [-0.05, 0) is 12.3 Å². The van der Waals surface area contributed by atoms with E-state index in [1.165, 1.54) is 0 Å². The predicted octanol–water partition coefficient (Wildman–Crippen LogP) is 0.122. The molecule has 0 saturated carbocycles. The lowest BCUT2D eigenvalue weighted by Crippen LogP contribution is -2.41. The third kappa shape index (κ3) is 3.27. The van der Waals surface area contributed by atoms with Crippen LogP contribution < -0.4 is 11.1 Å². The summed E-state index contributed by atoms with van der Waals surface area (Å²) in [5.74, 6) is 0.501. The number of nitrogens with two attached hydrogens (primary N) is 1. The lowest BCUT2D eigenvalue weighted by Gasteiger charge is -2.13. The van der Waals surface area contributed by atoms with E-state index in [1.54, 1.807) is 0 Å². The average molecular weight is 200 g/mol. The van der Waals surface area contributed by atoms with Gasteiger partial charge < -0.3 is 15.8 Å². The van der Waals surface area contributed by atoms with Crippen LogP contribution in [0.1, 0.15) is 20.3 Å². The number of carbonyl (C=O) groups is 1. The van der Waals surface area contributed by atoms with E-state index in [0.29, 0.717) is 19.1 Å². The maximum atomic E-state index is 11.6. The standard InChI is InChI=1S/C10H20N2O2/c1-7(2)3-4-12-10(13)8-5-14-6-9(8)11/h7-9H,3-6,11H2,1-2H3,(H,12,13). The summed E-state index contributed by atoms with van der Waals surface area (Å²) in [6, 6.07) is -0.131. The zero-order valence-electron chi connectivity index (χ0n) is 8.95. The van der Waals surface area contributed by atoms with Crippen LogP contribution in [0, 0.1) is 11.8 Å².